The SMILES string of the molecule is COc1cc(N(CC(=O)Nc2ccc(F)cc2)S(=O)(=O)c2ccc(F)cc2)c(Cl)cc1Cl. The predicted molar refractivity (Wildman–Crippen MR) is 119 cm³/mol. The van der Waals surface area contributed by atoms with Gasteiger partial charge in [-0.1, -0.05) is 23.2 Å². The number of amides is 1. The van der Waals surface area contributed by atoms with Gasteiger partial charge in [-0.15, -0.1) is 0 Å². The molecule has 1 N–H and O–H groups in total. The number of carbonyl (C=O) groups is 1. The fourth-order valence-corrected chi connectivity index (χ4v) is 4.81. The van der Waals surface area contributed by atoms with Crippen LogP contribution in [0, 0.1) is 11.6 Å². The van der Waals surface area contributed by atoms with Crippen LogP contribution in [0.2, 0.25) is 10.0 Å². The number of ether oxygens (including phenoxy) is 1. The maximum absolute atomic E-state index is 13.4. The lowest BCUT2D eigenvalue weighted by atomic mass is 10.3. The zero-order chi connectivity index (χ0) is 23.5. The number of anilines is 2. The van der Waals surface area contributed by atoms with Crippen molar-refractivity contribution in [3.05, 3.63) is 82.3 Å². The predicted octanol–water partition coefficient (Wildman–Crippen LogP) is 5.11. The number of nitrogens with zero attached hydrogens (tertiary/aromatic N) is 1. The highest BCUT2D eigenvalue weighted by Gasteiger charge is 2.30. The first-order valence-electron chi connectivity index (χ1n) is 8.98. The Balaban J connectivity index is 2.04. The molecule has 32 heavy (non-hydrogen) atoms. The van der Waals surface area contributed by atoms with Crippen molar-refractivity contribution in [2.75, 3.05) is 23.3 Å². The molecule has 0 bridgehead atoms. The molecule has 0 spiro atoms. The number of hydrogen-bond acceptors (Lipinski definition) is 4. The number of carbonyl (C=O) groups excluding carboxylic acids is 1. The van der Waals surface area contributed by atoms with E-state index in [1.165, 1.54) is 31.4 Å². The lowest BCUT2D eigenvalue weighted by Crippen LogP contribution is -2.38. The van der Waals surface area contributed by atoms with E-state index in [0.717, 1.165) is 40.7 Å². The van der Waals surface area contributed by atoms with Crippen molar-refractivity contribution in [2.45, 2.75) is 4.90 Å². The molecular formula is C21H16Cl2F2N2O4S. The van der Waals surface area contributed by atoms with Gasteiger partial charge in [0.2, 0.25) is 5.91 Å². The van der Waals surface area contributed by atoms with E-state index in [1.54, 1.807) is 0 Å². The minimum atomic E-state index is -4.36. The fraction of sp³-hybridized carbons (Fsp3) is 0.0952. The Morgan fingerprint density at radius 2 is 1.53 bits per heavy atom. The minimum Gasteiger partial charge on any atom is -0.495 e. The van der Waals surface area contributed by atoms with Crippen molar-refractivity contribution >= 4 is 50.5 Å². The molecule has 3 aromatic rings. The highest BCUT2D eigenvalue weighted by Crippen LogP contribution is 2.38. The summed E-state index contributed by atoms with van der Waals surface area (Å²) in [5.74, 6) is -1.73. The Bertz CT molecular complexity index is 1240. The van der Waals surface area contributed by atoms with E-state index in [2.05, 4.69) is 5.32 Å². The molecule has 168 valence electrons. The summed E-state index contributed by atoms with van der Waals surface area (Å²) in [6.45, 7) is -0.693. The molecular weight excluding hydrogens is 485 g/mol. The molecule has 0 fully saturated rings. The van der Waals surface area contributed by atoms with Crippen LogP contribution >= 0.6 is 23.2 Å². The van der Waals surface area contributed by atoms with Crippen molar-refractivity contribution in [1.82, 2.24) is 0 Å². The maximum Gasteiger partial charge on any atom is 0.264 e. The number of rotatable bonds is 7. The van der Waals surface area contributed by atoms with Crippen LogP contribution < -0.4 is 14.4 Å². The first kappa shape index (κ1) is 23.8. The van der Waals surface area contributed by atoms with Crippen molar-refractivity contribution < 1.29 is 26.7 Å². The van der Waals surface area contributed by atoms with E-state index in [9.17, 15) is 22.0 Å². The largest absolute Gasteiger partial charge is 0.495 e. The third-order valence-electron chi connectivity index (χ3n) is 4.31. The minimum absolute atomic E-state index is 0.0592. The van der Waals surface area contributed by atoms with Crippen molar-refractivity contribution in [2.24, 2.45) is 0 Å². The first-order chi connectivity index (χ1) is 15.1. The Kier molecular flexibility index (Phi) is 7.22. The number of methoxy groups -OCH3 is 1. The van der Waals surface area contributed by atoms with E-state index >= 15 is 0 Å². The molecule has 0 saturated heterocycles. The second-order valence-electron chi connectivity index (χ2n) is 6.46. The molecule has 0 radical (unpaired) electrons. The van der Waals surface area contributed by atoms with Crippen LogP contribution in [-0.2, 0) is 14.8 Å². The van der Waals surface area contributed by atoms with Crippen LogP contribution in [0.5, 0.6) is 5.75 Å². The third-order valence-corrected chi connectivity index (χ3v) is 6.68. The monoisotopic (exact) mass is 500 g/mol. The van der Waals surface area contributed by atoms with Gasteiger partial charge in [0.15, 0.2) is 0 Å². The van der Waals surface area contributed by atoms with Gasteiger partial charge in [-0.2, -0.15) is 0 Å². The van der Waals surface area contributed by atoms with E-state index in [4.69, 9.17) is 27.9 Å². The molecule has 0 aliphatic carbocycles. The topological polar surface area (TPSA) is 75.7 Å². The lowest BCUT2D eigenvalue weighted by molar-refractivity contribution is -0.114. The van der Waals surface area contributed by atoms with Gasteiger partial charge in [-0.05, 0) is 54.6 Å². The first-order valence-corrected chi connectivity index (χ1v) is 11.2. The summed E-state index contributed by atoms with van der Waals surface area (Å²) < 4.78 is 59.0. The molecule has 11 heteroatoms. The van der Waals surface area contributed by atoms with Gasteiger partial charge in [-0.3, -0.25) is 9.10 Å². The van der Waals surface area contributed by atoms with Gasteiger partial charge in [0.05, 0.1) is 27.7 Å². The Labute approximate surface area is 193 Å². The number of hydrogen-bond donors (Lipinski definition) is 1. The number of benzene rings is 3. The molecule has 0 aliphatic rings. The third kappa shape index (κ3) is 5.29. The summed E-state index contributed by atoms with van der Waals surface area (Å²) in [6.07, 6.45) is 0. The maximum atomic E-state index is 13.4. The van der Waals surface area contributed by atoms with Gasteiger partial charge in [-0.25, -0.2) is 17.2 Å². The van der Waals surface area contributed by atoms with Gasteiger partial charge < -0.3 is 10.1 Å². The zero-order valence-electron chi connectivity index (χ0n) is 16.5. The molecule has 6 nitrogen and oxygen atoms in total. The van der Waals surface area contributed by atoms with Crippen LogP contribution in [0.3, 0.4) is 0 Å². The van der Waals surface area contributed by atoms with Crippen molar-refractivity contribution in [3.8, 4) is 5.75 Å². The number of halogens is 4. The molecule has 0 aromatic heterocycles. The molecule has 0 saturated carbocycles. The quantitative estimate of drug-likeness (QED) is 0.488. The van der Waals surface area contributed by atoms with Gasteiger partial charge >= 0.3 is 0 Å². The number of sulfonamides is 1. The van der Waals surface area contributed by atoms with Crippen molar-refractivity contribution in [3.63, 3.8) is 0 Å². The smallest absolute Gasteiger partial charge is 0.264 e. The zero-order valence-corrected chi connectivity index (χ0v) is 18.8. The summed E-state index contributed by atoms with van der Waals surface area (Å²) in [6, 6.07) is 11.6. The summed E-state index contributed by atoms with van der Waals surface area (Å²) in [7, 11) is -3.03. The van der Waals surface area contributed by atoms with Crippen LogP contribution in [0.25, 0.3) is 0 Å². The summed E-state index contributed by atoms with van der Waals surface area (Å²) in [5.41, 5.74) is 0.182. The van der Waals surface area contributed by atoms with Gasteiger partial charge in [0.1, 0.15) is 23.9 Å². The van der Waals surface area contributed by atoms with E-state index in [0.29, 0.717) is 0 Å². The van der Waals surface area contributed by atoms with E-state index in [-0.39, 0.29) is 32.1 Å². The molecule has 0 heterocycles. The highest BCUT2D eigenvalue weighted by molar-refractivity contribution is 7.92. The molecule has 0 atom stereocenters. The summed E-state index contributed by atoms with van der Waals surface area (Å²) in [4.78, 5) is 12.4. The Hall–Kier alpha value is -2.88. The van der Waals surface area contributed by atoms with E-state index in [1.807, 2.05) is 0 Å². The molecule has 1 amide bonds. The molecule has 0 aliphatic heterocycles. The van der Waals surface area contributed by atoms with Crippen LogP contribution in [-0.4, -0.2) is 28.0 Å². The molecule has 0 unspecified atom stereocenters. The van der Waals surface area contributed by atoms with Crippen LogP contribution in [0.15, 0.2) is 65.6 Å². The van der Waals surface area contributed by atoms with Gasteiger partial charge in [0.25, 0.3) is 10.0 Å². The second-order valence-corrected chi connectivity index (χ2v) is 9.14. The van der Waals surface area contributed by atoms with Crippen LogP contribution in [0.4, 0.5) is 20.2 Å². The lowest BCUT2D eigenvalue weighted by Gasteiger charge is -2.25. The molecule has 3 rings (SSSR count). The van der Waals surface area contributed by atoms with E-state index < -0.39 is 34.1 Å². The number of nitrogens with one attached hydrogen (secondary N) is 1. The standard InChI is InChI=1S/C21H16Cl2F2N2O4S/c1-31-20-11-19(17(22)10-18(20)23)27(32(29,30)16-8-4-14(25)5-9-16)12-21(28)26-15-6-2-13(24)3-7-15/h2-11H,12H2,1H3,(H,26,28). The molecule has 3 aromatic carbocycles. The van der Waals surface area contributed by atoms with Crippen LogP contribution in [0.1, 0.15) is 0 Å². The normalized spacial score (nSPS) is 11.2. The summed E-state index contributed by atoms with van der Waals surface area (Å²) >= 11 is 12.3. The average molecular weight is 501 g/mol. The Morgan fingerprint density at radius 1 is 0.969 bits per heavy atom. The van der Waals surface area contributed by atoms with Gasteiger partial charge in [0, 0.05) is 11.8 Å². The average Bonchev–Trinajstić information content (AvgIpc) is 2.74. The Morgan fingerprint density at radius 3 is 2.09 bits per heavy atom. The second kappa shape index (κ2) is 9.72. The fourth-order valence-electron chi connectivity index (χ4n) is 2.76. The van der Waals surface area contributed by atoms with Crippen molar-refractivity contribution in [1.29, 1.82) is 0 Å². The highest BCUT2D eigenvalue weighted by atomic mass is 35.5. The summed E-state index contributed by atoms with van der Waals surface area (Å²) in [5, 5.41) is 2.57.